The molecule has 2 fully saturated rings. The van der Waals surface area contributed by atoms with E-state index >= 15 is 0 Å². The molecular weight excluding hydrogens is 284 g/mol. The number of carbonyl (C=O) groups is 2. The van der Waals surface area contributed by atoms with Crippen molar-refractivity contribution in [2.24, 2.45) is 13.0 Å². The molecule has 7 nitrogen and oxygen atoms in total. The van der Waals surface area contributed by atoms with Gasteiger partial charge in [-0.05, 0) is 13.3 Å². The first kappa shape index (κ1) is 15.0. The third-order valence-corrected chi connectivity index (χ3v) is 4.54. The van der Waals surface area contributed by atoms with Crippen LogP contribution in [0, 0.1) is 12.8 Å². The van der Waals surface area contributed by atoms with Crippen molar-refractivity contribution in [1.29, 1.82) is 0 Å². The molecule has 0 spiro atoms. The predicted octanol–water partition coefficient (Wildman–Crippen LogP) is 0.0941. The van der Waals surface area contributed by atoms with Crippen LogP contribution >= 0.6 is 0 Å². The Kier molecular flexibility index (Phi) is 3.90. The molecule has 0 unspecified atom stereocenters. The van der Waals surface area contributed by atoms with Crippen LogP contribution in [0.3, 0.4) is 0 Å². The van der Waals surface area contributed by atoms with E-state index in [4.69, 9.17) is 4.74 Å². The van der Waals surface area contributed by atoms with Crippen molar-refractivity contribution in [1.82, 2.24) is 20.0 Å². The van der Waals surface area contributed by atoms with Gasteiger partial charge in [0.25, 0.3) is 5.91 Å². The van der Waals surface area contributed by atoms with Crippen molar-refractivity contribution < 1.29 is 14.3 Å². The van der Waals surface area contributed by atoms with E-state index in [0.29, 0.717) is 31.0 Å². The topological polar surface area (TPSA) is 76.5 Å². The SMILES string of the molecule is CNC(=O)C[C@@H]1C[C@H]2CN(C(=O)c3cn(C)nc3C)C[C@H]2O1. The number of hydrogen-bond acceptors (Lipinski definition) is 4. The maximum atomic E-state index is 12.6. The van der Waals surface area contributed by atoms with E-state index in [1.165, 1.54) is 0 Å². The number of amides is 2. The summed E-state index contributed by atoms with van der Waals surface area (Å²) >= 11 is 0. The number of likely N-dealkylation sites (tertiary alicyclic amines) is 1. The van der Waals surface area contributed by atoms with Gasteiger partial charge in [-0.15, -0.1) is 0 Å². The van der Waals surface area contributed by atoms with Gasteiger partial charge in [-0.25, -0.2) is 0 Å². The van der Waals surface area contributed by atoms with Crippen LogP contribution in [0.2, 0.25) is 0 Å². The molecule has 2 aliphatic heterocycles. The van der Waals surface area contributed by atoms with Gasteiger partial charge in [0.15, 0.2) is 0 Å². The van der Waals surface area contributed by atoms with Gasteiger partial charge < -0.3 is 15.0 Å². The fourth-order valence-corrected chi connectivity index (χ4v) is 3.45. The molecule has 1 aromatic rings. The minimum absolute atomic E-state index is 0.00360. The van der Waals surface area contributed by atoms with Gasteiger partial charge >= 0.3 is 0 Å². The third-order valence-electron chi connectivity index (χ3n) is 4.54. The van der Waals surface area contributed by atoms with Crippen LogP contribution in [-0.4, -0.2) is 58.8 Å². The standard InChI is InChI=1S/C15H22N4O3/c1-9-12(7-18(3)17-9)15(21)19-6-10-4-11(5-14(20)16-2)22-13(10)8-19/h7,10-11,13H,4-6,8H2,1-3H3,(H,16,20)/t10-,11-,13+/m0/s1. The highest BCUT2D eigenvalue weighted by Crippen LogP contribution is 2.34. The van der Waals surface area contributed by atoms with Crippen LogP contribution in [0.25, 0.3) is 0 Å². The number of fused-ring (bicyclic) bond motifs is 1. The molecule has 3 atom stereocenters. The van der Waals surface area contributed by atoms with E-state index < -0.39 is 0 Å². The zero-order valence-corrected chi connectivity index (χ0v) is 13.2. The summed E-state index contributed by atoms with van der Waals surface area (Å²) in [6.07, 6.45) is 3.04. The summed E-state index contributed by atoms with van der Waals surface area (Å²) in [4.78, 5) is 25.8. The lowest BCUT2D eigenvalue weighted by Gasteiger charge is -2.19. The molecule has 2 saturated heterocycles. The second-order valence-corrected chi connectivity index (χ2v) is 6.18. The van der Waals surface area contributed by atoms with Crippen molar-refractivity contribution in [3.05, 3.63) is 17.5 Å². The molecule has 0 bridgehead atoms. The summed E-state index contributed by atoms with van der Waals surface area (Å²) in [6, 6.07) is 0. The Morgan fingerprint density at radius 2 is 2.23 bits per heavy atom. The predicted molar refractivity (Wildman–Crippen MR) is 79.3 cm³/mol. The van der Waals surface area contributed by atoms with E-state index in [1.54, 1.807) is 17.9 Å². The maximum absolute atomic E-state index is 12.6. The zero-order chi connectivity index (χ0) is 15.9. The van der Waals surface area contributed by atoms with Gasteiger partial charge in [0, 0.05) is 39.3 Å². The second kappa shape index (κ2) is 5.72. The quantitative estimate of drug-likeness (QED) is 0.859. The van der Waals surface area contributed by atoms with Gasteiger partial charge in [-0.1, -0.05) is 0 Å². The molecule has 2 aliphatic rings. The minimum Gasteiger partial charge on any atom is -0.372 e. The van der Waals surface area contributed by atoms with E-state index in [-0.39, 0.29) is 24.0 Å². The molecule has 2 amide bonds. The van der Waals surface area contributed by atoms with E-state index in [2.05, 4.69) is 10.4 Å². The van der Waals surface area contributed by atoms with Crippen molar-refractivity contribution in [3.63, 3.8) is 0 Å². The molecule has 3 heterocycles. The van der Waals surface area contributed by atoms with Crippen LogP contribution in [0.1, 0.15) is 28.9 Å². The lowest BCUT2D eigenvalue weighted by molar-refractivity contribution is -0.123. The smallest absolute Gasteiger partial charge is 0.257 e. The van der Waals surface area contributed by atoms with E-state index in [9.17, 15) is 9.59 Å². The Morgan fingerprint density at radius 1 is 1.45 bits per heavy atom. The molecule has 0 radical (unpaired) electrons. The van der Waals surface area contributed by atoms with Gasteiger partial charge in [-0.2, -0.15) is 5.10 Å². The molecule has 3 rings (SSSR count). The average molecular weight is 306 g/mol. The largest absolute Gasteiger partial charge is 0.372 e. The molecule has 22 heavy (non-hydrogen) atoms. The number of nitrogens with one attached hydrogen (secondary N) is 1. The Balaban J connectivity index is 1.60. The summed E-state index contributed by atoms with van der Waals surface area (Å²) in [7, 11) is 3.45. The summed E-state index contributed by atoms with van der Waals surface area (Å²) in [5, 5.41) is 6.85. The number of aromatic nitrogens is 2. The number of hydrogen-bond donors (Lipinski definition) is 1. The average Bonchev–Trinajstić information content (AvgIpc) is 3.10. The van der Waals surface area contributed by atoms with Crippen LogP contribution in [0.5, 0.6) is 0 Å². The zero-order valence-electron chi connectivity index (χ0n) is 13.2. The molecule has 1 N–H and O–H groups in total. The lowest BCUT2D eigenvalue weighted by atomic mass is 10.0. The van der Waals surface area contributed by atoms with Crippen LogP contribution in [-0.2, 0) is 16.6 Å². The highest BCUT2D eigenvalue weighted by atomic mass is 16.5. The Hall–Kier alpha value is -1.89. The molecular formula is C15H22N4O3. The Bertz CT molecular complexity index is 584. The van der Waals surface area contributed by atoms with Crippen LogP contribution in [0.4, 0.5) is 0 Å². The fourth-order valence-electron chi connectivity index (χ4n) is 3.45. The van der Waals surface area contributed by atoms with Crippen molar-refractivity contribution in [2.75, 3.05) is 20.1 Å². The van der Waals surface area contributed by atoms with Crippen LogP contribution < -0.4 is 5.32 Å². The third kappa shape index (κ3) is 2.72. The lowest BCUT2D eigenvalue weighted by Crippen LogP contribution is -2.32. The Morgan fingerprint density at radius 3 is 2.82 bits per heavy atom. The number of nitrogens with zero attached hydrogens (tertiary/aromatic N) is 3. The number of rotatable bonds is 3. The van der Waals surface area contributed by atoms with Crippen LogP contribution in [0.15, 0.2) is 6.20 Å². The van der Waals surface area contributed by atoms with Crippen molar-refractivity contribution in [2.45, 2.75) is 32.0 Å². The van der Waals surface area contributed by atoms with Gasteiger partial charge in [0.1, 0.15) is 0 Å². The molecule has 0 saturated carbocycles. The van der Waals surface area contributed by atoms with E-state index in [0.717, 1.165) is 12.1 Å². The highest BCUT2D eigenvalue weighted by Gasteiger charge is 2.44. The number of carbonyl (C=O) groups excluding carboxylic acids is 2. The molecule has 0 aromatic carbocycles. The maximum Gasteiger partial charge on any atom is 0.257 e. The first-order valence-corrected chi connectivity index (χ1v) is 7.63. The molecule has 7 heteroatoms. The van der Waals surface area contributed by atoms with Crippen molar-refractivity contribution in [3.8, 4) is 0 Å². The second-order valence-electron chi connectivity index (χ2n) is 6.18. The summed E-state index contributed by atoms with van der Waals surface area (Å²) in [5.74, 6) is 0.353. The first-order chi connectivity index (χ1) is 10.5. The molecule has 120 valence electrons. The van der Waals surface area contributed by atoms with Crippen molar-refractivity contribution >= 4 is 11.8 Å². The fraction of sp³-hybridized carbons (Fsp3) is 0.667. The normalized spacial score (nSPS) is 27.0. The summed E-state index contributed by atoms with van der Waals surface area (Å²) in [5.41, 5.74) is 1.41. The highest BCUT2D eigenvalue weighted by molar-refractivity contribution is 5.95. The summed E-state index contributed by atoms with van der Waals surface area (Å²) < 4.78 is 7.60. The first-order valence-electron chi connectivity index (χ1n) is 7.63. The summed E-state index contributed by atoms with van der Waals surface area (Å²) in [6.45, 7) is 3.14. The molecule has 1 aromatic heterocycles. The minimum atomic E-state index is -0.0210. The molecule has 0 aliphatic carbocycles. The number of aryl methyl sites for hydroxylation is 2. The number of ether oxygens (including phenoxy) is 1. The Labute approximate surface area is 129 Å². The van der Waals surface area contributed by atoms with Gasteiger partial charge in [0.2, 0.25) is 5.91 Å². The van der Waals surface area contributed by atoms with Gasteiger partial charge in [-0.3, -0.25) is 14.3 Å². The van der Waals surface area contributed by atoms with Gasteiger partial charge in [0.05, 0.1) is 29.9 Å². The monoisotopic (exact) mass is 306 g/mol. The van der Waals surface area contributed by atoms with E-state index in [1.807, 2.05) is 18.9 Å².